The number of hydrogen-bond donors (Lipinski definition) is 1. The molecule has 22 heavy (non-hydrogen) atoms. The molecule has 108 valence electrons. The van der Waals surface area contributed by atoms with Crippen LogP contribution in [0.5, 0.6) is 11.8 Å². The summed E-state index contributed by atoms with van der Waals surface area (Å²) >= 11 is 0. The summed E-state index contributed by atoms with van der Waals surface area (Å²) in [4.78, 5) is 24.1. The molecule has 0 bridgehead atoms. The molecular weight excluding hydrogens is 280 g/mol. The lowest BCUT2D eigenvalue weighted by Gasteiger charge is -2.07. The van der Waals surface area contributed by atoms with E-state index in [-0.39, 0.29) is 11.9 Å². The first kappa shape index (κ1) is 13.7. The van der Waals surface area contributed by atoms with Crippen LogP contribution in [0.2, 0.25) is 0 Å². The van der Waals surface area contributed by atoms with Crippen molar-refractivity contribution >= 4 is 11.6 Å². The van der Waals surface area contributed by atoms with Crippen LogP contribution in [-0.2, 0) is 0 Å². The van der Waals surface area contributed by atoms with Crippen LogP contribution in [0.1, 0.15) is 10.4 Å². The smallest absolute Gasteiger partial charge is 0.321 e. The third-order valence-electron chi connectivity index (χ3n) is 2.77. The number of benzene rings is 1. The maximum absolute atomic E-state index is 12.2. The number of carbonyl (C=O) groups excluding carboxylic acids is 1. The Labute approximate surface area is 126 Å². The maximum Gasteiger partial charge on any atom is 0.321 e. The highest BCUT2D eigenvalue weighted by molar-refractivity contribution is 6.04. The average Bonchev–Trinajstić information content (AvgIpc) is 2.57. The molecule has 2 heterocycles. The Hall–Kier alpha value is -3.28. The zero-order chi connectivity index (χ0) is 15.2. The van der Waals surface area contributed by atoms with Gasteiger partial charge in [0.05, 0.1) is 11.9 Å². The van der Waals surface area contributed by atoms with E-state index in [0.717, 1.165) is 0 Å². The zero-order valence-corrected chi connectivity index (χ0v) is 11.5. The Morgan fingerprint density at radius 2 is 1.86 bits per heavy atom. The van der Waals surface area contributed by atoms with Gasteiger partial charge in [-0.3, -0.25) is 9.78 Å². The fourth-order valence-electron chi connectivity index (χ4n) is 1.78. The Kier molecular flexibility index (Phi) is 4.01. The number of hydrogen-bond acceptors (Lipinski definition) is 5. The van der Waals surface area contributed by atoms with E-state index in [1.807, 2.05) is 0 Å². The third kappa shape index (κ3) is 3.43. The number of carbonyl (C=O) groups is 1. The van der Waals surface area contributed by atoms with Crippen LogP contribution in [0.3, 0.4) is 0 Å². The highest BCUT2D eigenvalue weighted by Crippen LogP contribution is 2.19. The monoisotopic (exact) mass is 292 g/mol. The SMILES string of the molecule is O=C(Nc1cccnc1)c1cccc(Oc2ncccn2)c1. The van der Waals surface area contributed by atoms with Crippen LogP contribution >= 0.6 is 0 Å². The van der Waals surface area contributed by atoms with E-state index >= 15 is 0 Å². The lowest BCUT2D eigenvalue weighted by molar-refractivity contribution is 0.102. The number of nitrogens with zero attached hydrogens (tertiary/aromatic N) is 3. The van der Waals surface area contributed by atoms with Crippen LogP contribution in [-0.4, -0.2) is 20.9 Å². The van der Waals surface area contributed by atoms with Gasteiger partial charge in [-0.05, 0) is 36.4 Å². The van der Waals surface area contributed by atoms with E-state index in [1.54, 1.807) is 67.3 Å². The van der Waals surface area contributed by atoms with Gasteiger partial charge in [0.1, 0.15) is 5.75 Å². The molecule has 1 amide bonds. The number of amides is 1. The second kappa shape index (κ2) is 6.45. The first-order chi connectivity index (χ1) is 10.8. The number of aromatic nitrogens is 3. The molecule has 0 saturated carbocycles. The molecule has 6 heteroatoms. The molecule has 1 N–H and O–H groups in total. The number of nitrogens with one attached hydrogen (secondary N) is 1. The van der Waals surface area contributed by atoms with Crippen LogP contribution in [0.25, 0.3) is 0 Å². The van der Waals surface area contributed by atoms with Gasteiger partial charge < -0.3 is 10.1 Å². The lowest BCUT2D eigenvalue weighted by atomic mass is 10.2. The summed E-state index contributed by atoms with van der Waals surface area (Å²) < 4.78 is 5.50. The first-order valence-electron chi connectivity index (χ1n) is 6.57. The third-order valence-corrected chi connectivity index (χ3v) is 2.77. The van der Waals surface area contributed by atoms with Crippen molar-refractivity contribution < 1.29 is 9.53 Å². The summed E-state index contributed by atoms with van der Waals surface area (Å²) in [5.74, 6) is 0.248. The molecule has 0 spiro atoms. The summed E-state index contributed by atoms with van der Waals surface area (Å²) in [6.45, 7) is 0. The van der Waals surface area contributed by atoms with Crippen molar-refractivity contribution in [1.29, 1.82) is 0 Å². The Morgan fingerprint density at radius 1 is 1.00 bits per heavy atom. The van der Waals surface area contributed by atoms with Gasteiger partial charge in [0.2, 0.25) is 0 Å². The minimum absolute atomic E-state index is 0.229. The minimum atomic E-state index is -0.243. The molecule has 0 atom stereocenters. The number of ether oxygens (including phenoxy) is 1. The molecule has 0 aliphatic heterocycles. The second-order valence-corrected chi connectivity index (χ2v) is 4.36. The minimum Gasteiger partial charge on any atom is -0.424 e. The van der Waals surface area contributed by atoms with Gasteiger partial charge >= 0.3 is 6.01 Å². The molecule has 0 aliphatic rings. The molecule has 0 saturated heterocycles. The lowest BCUT2D eigenvalue weighted by Crippen LogP contribution is -2.11. The van der Waals surface area contributed by atoms with E-state index in [9.17, 15) is 4.79 Å². The zero-order valence-electron chi connectivity index (χ0n) is 11.5. The van der Waals surface area contributed by atoms with Crippen LogP contribution < -0.4 is 10.1 Å². The van der Waals surface area contributed by atoms with Crippen LogP contribution in [0, 0.1) is 0 Å². The fraction of sp³-hybridized carbons (Fsp3) is 0. The summed E-state index contributed by atoms with van der Waals surface area (Å²) in [6.07, 6.45) is 6.39. The summed E-state index contributed by atoms with van der Waals surface area (Å²) in [6, 6.07) is 12.2. The highest BCUT2D eigenvalue weighted by atomic mass is 16.5. The van der Waals surface area contributed by atoms with E-state index in [1.165, 1.54) is 0 Å². The van der Waals surface area contributed by atoms with E-state index in [2.05, 4.69) is 20.3 Å². The summed E-state index contributed by atoms with van der Waals surface area (Å²) in [7, 11) is 0. The van der Waals surface area contributed by atoms with Crippen molar-refractivity contribution in [3.63, 3.8) is 0 Å². The Bertz CT molecular complexity index is 763. The second-order valence-electron chi connectivity index (χ2n) is 4.36. The molecule has 3 rings (SSSR count). The van der Waals surface area contributed by atoms with Crippen molar-refractivity contribution in [2.45, 2.75) is 0 Å². The van der Waals surface area contributed by atoms with Crippen LogP contribution in [0.4, 0.5) is 5.69 Å². The predicted octanol–water partition coefficient (Wildman–Crippen LogP) is 2.92. The topological polar surface area (TPSA) is 77.0 Å². The molecule has 0 unspecified atom stereocenters. The van der Waals surface area contributed by atoms with Gasteiger partial charge in [-0.2, -0.15) is 0 Å². The summed E-state index contributed by atoms with van der Waals surface area (Å²) in [5.41, 5.74) is 1.10. The van der Waals surface area contributed by atoms with E-state index in [4.69, 9.17) is 4.74 Å². The van der Waals surface area contributed by atoms with Gasteiger partial charge in [-0.1, -0.05) is 6.07 Å². The normalized spacial score (nSPS) is 10.0. The largest absolute Gasteiger partial charge is 0.424 e. The molecule has 3 aromatic rings. The Morgan fingerprint density at radius 3 is 2.64 bits per heavy atom. The van der Waals surface area contributed by atoms with Gasteiger partial charge in [0.25, 0.3) is 5.91 Å². The highest BCUT2D eigenvalue weighted by Gasteiger charge is 2.08. The van der Waals surface area contributed by atoms with Crippen molar-refractivity contribution in [2.24, 2.45) is 0 Å². The van der Waals surface area contributed by atoms with Gasteiger partial charge in [-0.15, -0.1) is 0 Å². The maximum atomic E-state index is 12.2. The molecular formula is C16H12N4O2. The number of pyridine rings is 1. The number of rotatable bonds is 4. The fourth-order valence-corrected chi connectivity index (χ4v) is 1.78. The van der Waals surface area contributed by atoms with Gasteiger partial charge in [0.15, 0.2) is 0 Å². The molecule has 1 aromatic carbocycles. The summed E-state index contributed by atoms with van der Waals surface area (Å²) in [5, 5.41) is 2.76. The van der Waals surface area contributed by atoms with Crippen LogP contribution in [0.15, 0.2) is 67.3 Å². The van der Waals surface area contributed by atoms with Crippen molar-refractivity contribution in [2.75, 3.05) is 5.32 Å². The quantitative estimate of drug-likeness (QED) is 0.800. The van der Waals surface area contributed by atoms with Gasteiger partial charge in [-0.25, -0.2) is 9.97 Å². The molecule has 0 radical (unpaired) electrons. The Balaban J connectivity index is 1.75. The average molecular weight is 292 g/mol. The standard InChI is InChI=1S/C16H12N4O2/c21-15(20-13-5-2-7-17-11-13)12-4-1-6-14(10-12)22-16-18-8-3-9-19-16/h1-11H,(H,20,21). The first-order valence-corrected chi connectivity index (χ1v) is 6.57. The number of anilines is 1. The van der Waals surface area contributed by atoms with Crippen molar-refractivity contribution in [1.82, 2.24) is 15.0 Å². The van der Waals surface area contributed by atoms with Crippen molar-refractivity contribution in [3.8, 4) is 11.8 Å². The van der Waals surface area contributed by atoms with Crippen molar-refractivity contribution in [3.05, 3.63) is 72.8 Å². The predicted molar refractivity (Wildman–Crippen MR) is 80.7 cm³/mol. The molecule has 2 aromatic heterocycles. The van der Waals surface area contributed by atoms with E-state index < -0.39 is 0 Å². The van der Waals surface area contributed by atoms with E-state index in [0.29, 0.717) is 17.0 Å². The van der Waals surface area contributed by atoms with Gasteiger partial charge in [0, 0.05) is 24.2 Å². The molecule has 0 fully saturated rings. The molecule has 0 aliphatic carbocycles. The molecule has 6 nitrogen and oxygen atoms in total.